The van der Waals surface area contributed by atoms with Crippen LogP contribution in [0.25, 0.3) is 11.0 Å². The molecule has 0 amide bonds. The molecule has 0 aliphatic carbocycles. The Balaban J connectivity index is 1.73. The smallest absolute Gasteiger partial charge is 0.269 e. The molecule has 3 heterocycles. The number of aliphatic hydroxyl groups is 1. The number of nitrogens with zero attached hydrogens (tertiary/aromatic N) is 3. The summed E-state index contributed by atoms with van der Waals surface area (Å²) in [6.07, 6.45) is 4.02. The van der Waals surface area contributed by atoms with Crippen LogP contribution in [-0.2, 0) is 10.0 Å². The summed E-state index contributed by atoms with van der Waals surface area (Å²) >= 11 is 0. The number of nitrogens with one attached hydrogen (secondary N) is 1. The van der Waals surface area contributed by atoms with Crippen molar-refractivity contribution >= 4 is 32.4 Å². The summed E-state index contributed by atoms with van der Waals surface area (Å²) in [6, 6.07) is 8.41. The van der Waals surface area contributed by atoms with Crippen molar-refractivity contribution in [3.63, 3.8) is 0 Å². The molecule has 4 N–H and O–H groups in total. The number of hydrazine groups is 1. The first-order valence-corrected chi connectivity index (χ1v) is 10.6. The van der Waals surface area contributed by atoms with Crippen molar-refractivity contribution in [2.24, 2.45) is 0 Å². The molecule has 0 spiro atoms. The van der Waals surface area contributed by atoms with Crippen molar-refractivity contribution in [3.8, 4) is 0 Å². The molecule has 0 radical (unpaired) electrons. The standard InChI is InChI=1S/C19H23N5O3S/c1-13-2-4-15(5-3-13)28(26,27)24-11-8-16-18(17(20)12-21-19(16)24)22-23-9-6-14(25)7-10-23/h2-5,8,11-12,14,25H,6-7,9-10,20H2,1H3,(H,21,22). The van der Waals surface area contributed by atoms with Crippen LogP contribution >= 0.6 is 0 Å². The first-order chi connectivity index (χ1) is 13.4. The van der Waals surface area contributed by atoms with Crippen LogP contribution in [0.2, 0.25) is 0 Å². The third-order valence-corrected chi connectivity index (χ3v) is 6.70. The number of aryl methyl sites for hydroxylation is 1. The molecule has 148 valence electrons. The van der Waals surface area contributed by atoms with E-state index in [4.69, 9.17) is 5.73 Å². The molecule has 1 saturated heterocycles. The van der Waals surface area contributed by atoms with Crippen molar-refractivity contribution in [1.29, 1.82) is 0 Å². The van der Waals surface area contributed by atoms with Gasteiger partial charge in [-0.2, -0.15) is 0 Å². The first-order valence-electron chi connectivity index (χ1n) is 9.14. The van der Waals surface area contributed by atoms with Gasteiger partial charge in [0.15, 0.2) is 5.65 Å². The molecule has 1 aromatic carbocycles. The van der Waals surface area contributed by atoms with Gasteiger partial charge in [-0.3, -0.25) is 0 Å². The Kier molecular flexibility index (Phi) is 4.74. The predicted molar refractivity (Wildman–Crippen MR) is 108 cm³/mol. The van der Waals surface area contributed by atoms with Crippen LogP contribution in [0, 0.1) is 6.92 Å². The van der Waals surface area contributed by atoms with Gasteiger partial charge < -0.3 is 16.3 Å². The average Bonchev–Trinajstić information content (AvgIpc) is 3.11. The quantitative estimate of drug-likeness (QED) is 0.612. The number of anilines is 2. The maximum absolute atomic E-state index is 13.1. The van der Waals surface area contributed by atoms with Gasteiger partial charge >= 0.3 is 0 Å². The third-order valence-electron chi connectivity index (χ3n) is 5.02. The summed E-state index contributed by atoms with van der Waals surface area (Å²) in [5.74, 6) is 0. The highest BCUT2D eigenvalue weighted by Crippen LogP contribution is 2.31. The molecule has 0 bridgehead atoms. The van der Waals surface area contributed by atoms with Gasteiger partial charge in [0.25, 0.3) is 10.0 Å². The van der Waals surface area contributed by atoms with Gasteiger partial charge in [-0.15, -0.1) is 0 Å². The third kappa shape index (κ3) is 3.32. The van der Waals surface area contributed by atoms with E-state index in [0.29, 0.717) is 48.3 Å². The van der Waals surface area contributed by atoms with Gasteiger partial charge in [0.2, 0.25) is 0 Å². The second-order valence-corrected chi connectivity index (χ2v) is 8.90. The zero-order valence-electron chi connectivity index (χ0n) is 15.5. The number of pyridine rings is 1. The maximum Gasteiger partial charge on any atom is 0.269 e. The van der Waals surface area contributed by atoms with Crippen molar-refractivity contribution in [2.75, 3.05) is 24.2 Å². The van der Waals surface area contributed by atoms with E-state index >= 15 is 0 Å². The largest absolute Gasteiger partial charge is 0.396 e. The molecule has 0 saturated carbocycles. The molecule has 1 fully saturated rings. The van der Waals surface area contributed by atoms with E-state index < -0.39 is 10.0 Å². The molecule has 0 atom stereocenters. The number of hydrogen-bond acceptors (Lipinski definition) is 7. The maximum atomic E-state index is 13.1. The Morgan fingerprint density at radius 1 is 1.18 bits per heavy atom. The van der Waals surface area contributed by atoms with Crippen LogP contribution in [0.15, 0.2) is 47.6 Å². The first kappa shape index (κ1) is 18.7. The molecule has 2 aromatic heterocycles. The molecular weight excluding hydrogens is 378 g/mol. The number of nitrogens with two attached hydrogens (primary N) is 1. The zero-order valence-corrected chi connectivity index (χ0v) is 16.4. The molecule has 4 rings (SSSR count). The Labute approximate surface area is 163 Å². The van der Waals surface area contributed by atoms with E-state index in [9.17, 15) is 13.5 Å². The van der Waals surface area contributed by atoms with Gasteiger partial charge in [-0.1, -0.05) is 17.7 Å². The van der Waals surface area contributed by atoms with Crippen LogP contribution in [-0.4, -0.2) is 46.7 Å². The van der Waals surface area contributed by atoms with Crippen LogP contribution in [0.4, 0.5) is 11.4 Å². The minimum absolute atomic E-state index is 0.203. The summed E-state index contributed by atoms with van der Waals surface area (Å²) in [5, 5.41) is 12.3. The van der Waals surface area contributed by atoms with Crippen LogP contribution in [0.5, 0.6) is 0 Å². The second-order valence-electron chi connectivity index (χ2n) is 7.09. The fourth-order valence-electron chi connectivity index (χ4n) is 3.36. The zero-order chi connectivity index (χ0) is 19.9. The lowest BCUT2D eigenvalue weighted by atomic mass is 10.1. The predicted octanol–water partition coefficient (Wildman–Crippen LogP) is 1.95. The lowest BCUT2D eigenvalue weighted by molar-refractivity contribution is 0.0938. The van der Waals surface area contributed by atoms with Crippen molar-refractivity contribution < 1.29 is 13.5 Å². The number of rotatable bonds is 4. The normalized spacial score (nSPS) is 16.5. The Morgan fingerprint density at radius 3 is 2.54 bits per heavy atom. The molecule has 1 aliphatic rings. The van der Waals surface area contributed by atoms with E-state index in [1.807, 2.05) is 11.9 Å². The van der Waals surface area contributed by atoms with E-state index in [0.717, 1.165) is 5.56 Å². The fourth-order valence-corrected chi connectivity index (χ4v) is 4.66. The summed E-state index contributed by atoms with van der Waals surface area (Å²) in [6.45, 7) is 3.25. The van der Waals surface area contributed by atoms with Crippen LogP contribution in [0.3, 0.4) is 0 Å². The Bertz CT molecular complexity index is 1100. The van der Waals surface area contributed by atoms with E-state index in [-0.39, 0.29) is 11.0 Å². The average molecular weight is 401 g/mol. The Hall–Kier alpha value is -2.62. The molecule has 0 unspecified atom stereocenters. The highest BCUT2D eigenvalue weighted by atomic mass is 32.2. The van der Waals surface area contributed by atoms with E-state index in [1.54, 1.807) is 30.3 Å². The number of piperidine rings is 1. The summed E-state index contributed by atoms with van der Waals surface area (Å²) < 4.78 is 27.3. The van der Waals surface area contributed by atoms with Gasteiger partial charge in [-0.05, 0) is 38.0 Å². The number of aromatic nitrogens is 2. The lowest BCUT2D eigenvalue weighted by Crippen LogP contribution is -2.39. The van der Waals surface area contributed by atoms with Crippen molar-refractivity contribution in [1.82, 2.24) is 14.0 Å². The minimum Gasteiger partial charge on any atom is -0.396 e. The summed E-state index contributed by atoms with van der Waals surface area (Å²) in [5.41, 5.74) is 11.8. The monoisotopic (exact) mass is 401 g/mol. The van der Waals surface area contributed by atoms with Crippen LogP contribution < -0.4 is 11.2 Å². The fraction of sp³-hybridized carbons (Fsp3) is 0.316. The Morgan fingerprint density at radius 2 is 1.86 bits per heavy atom. The van der Waals surface area contributed by atoms with Crippen molar-refractivity contribution in [3.05, 3.63) is 48.3 Å². The molecule has 9 heteroatoms. The highest BCUT2D eigenvalue weighted by molar-refractivity contribution is 7.90. The van der Waals surface area contributed by atoms with Gasteiger partial charge in [0, 0.05) is 24.7 Å². The van der Waals surface area contributed by atoms with E-state index in [2.05, 4.69) is 10.4 Å². The van der Waals surface area contributed by atoms with Gasteiger partial charge in [0.05, 0.1) is 28.6 Å². The SMILES string of the molecule is Cc1ccc(S(=O)(=O)n2ccc3c(NN4CCC(O)CC4)c(N)cnc32)cc1. The molecule has 1 aliphatic heterocycles. The number of benzene rings is 1. The van der Waals surface area contributed by atoms with Gasteiger partial charge in [-0.25, -0.2) is 22.4 Å². The molecule has 3 aromatic rings. The van der Waals surface area contributed by atoms with E-state index in [1.165, 1.54) is 16.4 Å². The summed E-state index contributed by atoms with van der Waals surface area (Å²) in [4.78, 5) is 4.48. The van der Waals surface area contributed by atoms with Gasteiger partial charge in [0.1, 0.15) is 0 Å². The molecule has 8 nitrogen and oxygen atoms in total. The minimum atomic E-state index is -3.77. The second kappa shape index (κ2) is 7.08. The van der Waals surface area contributed by atoms with Crippen molar-refractivity contribution in [2.45, 2.75) is 30.8 Å². The number of aliphatic hydroxyl groups excluding tert-OH is 1. The number of hydrogen-bond donors (Lipinski definition) is 3. The topological polar surface area (TPSA) is 113 Å². The van der Waals surface area contributed by atoms with Crippen LogP contribution in [0.1, 0.15) is 18.4 Å². The summed E-state index contributed by atoms with van der Waals surface area (Å²) in [7, 11) is -3.77. The molecule has 28 heavy (non-hydrogen) atoms. The lowest BCUT2D eigenvalue weighted by Gasteiger charge is -2.31. The number of fused-ring (bicyclic) bond motifs is 1. The number of nitrogen functional groups attached to an aromatic ring is 1. The highest BCUT2D eigenvalue weighted by Gasteiger charge is 2.23. The molecular formula is C19H23N5O3S.